The molecular weight excluding hydrogens is 278 g/mol. The van der Waals surface area contributed by atoms with Gasteiger partial charge < -0.3 is 15.4 Å². The molecular formula is C15H14ClNO3. The Morgan fingerprint density at radius 3 is 2.60 bits per heavy atom. The molecule has 2 aromatic carbocycles. The molecule has 0 aliphatic heterocycles. The minimum Gasteiger partial charge on any atom is -0.508 e. The summed E-state index contributed by atoms with van der Waals surface area (Å²) in [5.74, 6) is -0.385. The topological polar surface area (TPSA) is 73.1 Å². The highest BCUT2D eigenvalue weighted by molar-refractivity contribution is 6.30. The lowest BCUT2D eigenvalue weighted by Gasteiger charge is -2.14. The summed E-state index contributed by atoms with van der Waals surface area (Å²) in [5, 5.41) is 31.7. The number of nitrogens with zero attached hydrogens (tertiary/aromatic N) is 1. The van der Waals surface area contributed by atoms with Crippen LogP contribution >= 0.6 is 11.6 Å². The highest BCUT2D eigenvalue weighted by Crippen LogP contribution is 2.30. The summed E-state index contributed by atoms with van der Waals surface area (Å²) in [7, 11) is 0. The quantitative estimate of drug-likeness (QED) is 0.458. The number of phenols is 2. The smallest absolute Gasteiger partial charge is 0.123 e. The second-order valence-corrected chi connectivity index (χ2v) is 4.88. The molecule has 0 bridgehead atoms. The van der Waals surface area contributed by atoms with Crippen molar-refractivity contribution >= 4 is 17.8 Å². The molecule has 0 aromatic heterocycles. The Morgan fingerprint density at radius 2 is 1.95 bits per heavy atom. The molecule has 0 aliphatic rings. The predicted octanol–water partition coefficient (Wildman–Crippen LogP) is 3.54. The summed E-state index contributed by atoms with van der Waals surface area (Å²) in [4.78, 5) is 0. The fourth-order valence-electron chi connectivity index (χ4n) is 2.09. The van der Waals surface area contributed by atoms with Crippen molar-refractivity contribution in [3.05, 3.63) is 58.6 Å². The Balaban J connectivity index is 2.31. The van der Waals surface area contributed by atoms with Gasteiger partial charge >= 0.3 is 0 Å². The largest absolute Gasteiger partial charge is 0.508 e. The summed E-state index contributed by atoms with van der Waals surface area (Å²) in [6.45, 7) is 0. The van der Waals surface area contributed by atoms with Gasteiger partial charge in [-0.25, -0.2) is 0 Å². The maximum Gasteiger partial charge on any atom is 0.123 e. The lowest BCUT2D eigenvalue weighted by molar-refractivity contribution is 0.319. The van der Waals surface area contributed by atoms with Gasteiger partial charge in [-0.15, -0.1) is 5.16 Å². The number of phenolic OH excluding ortho intramolecular Hbond substituents is 2. The second-order valence-electron chi connectivity index (χ2n) is 4.45. The van der Waals surface area contributed by atoms with Crippen LogP contribution < -0.4 is 0 Å². The number of benzene rings is 2. The van der Waals surface area contributed by atoms with Crippen LogP contribution in [0, 0.1) is 0 Å². The third kappa shape index (κ3) is 3.42. The molecule has 2 aromatic rings. The van der Waals surface area contributed by atoms with E-state index in [2.05, 4.69) is 5.16 Å². The molecule has 4 nitrogen and oxygen atoms in total. The average molecular weight is 292 g/mol. The number of oxime groups is 1. The molecule has 1 atom stereocenters. The molecule has 0 amide bonds. The van der Waals surface area contributed by atoms with E-state index in [1.165, 1.54) is 18.3 Å². The van der Waals surface area contributed by atoms with Crippen LogP contribution in [0.3, 0.4) is 0 Å². The van der Waals surface area contributed by atoms with Crippen LogP contribution in [0.15, 0.2) is 47.6 Å². The molecule has 0 radical (unpaired) electrons. The SMILES string of the molecule is ON=CC(Cc1cccc(Cl)c1)c1ccc(O)cc1O. The number of rotatable bonds is 4. The van der Waals surface area contributed by atoms with Crippen LogP contribution in [0.2, 0.25) is 5.02 Å². The van der Waals surface area contributed by atoms with E-state index in [0.29, 0.717) is 17.0 Å². The first-order valence-electron chi connectivity index (χ1n) is 6.04. The maximum absolute atomic E-state index is 9.89. The fourth-order valence-corrected chi connectivity index (χ4v) is 2.30. The molecule has 20 heavy (non-hydrogen) atoms. The van der Waals surface area contributed by atoms with Crippen LogP contribution in [0.5, 0.6) is 11.5 Å². The first-order valence-corrected chi connectivity index (χ1v) is 6.42. The molecule has 0 fully saturated rings. The van der Waals surface area contributed by atoms with E-state index in [1.54, 1.807) is 12.1 Å². The zero-order valence-electron chi connectivity index (χ0n) is 10.6. The summed E-state index contributed by atoms with van der Waals surface area (Å²) < 4.78 is 0. The predicted molar refractivity (Wildman–Crippen MR) is 77.9 cm³/mol. The van der Waals surface area contributed by atoms with Crippen molar-refractivity contribution < 1.29 is 15.4 Å². The zero-order valence-corrected chi connectivity index (χ0v) is 11.3. The van der Waals surface area contributed by atoms with Crippen molar-refractivity contribution in [2.24, 2.45) is 5.16 Å². The van der Waals surface area contributed by atoms with Gasteiger partial charge in [0.05, 0.1) is 6.21 Å². The molecule has 0 heterocycles. The monoisotopic (exact) mass is 291 g/mol. The summed E-state index contributed by atoms with van der Waals surface area (Å²) in [6, 6.07) is 11.7. The Kier molecular flexibility index (Phi) is 4.48. The molecule has 0 aliphatic carbocycles. The lowest BCUT2D eigenvalue weighted by Crippen LogP contribution is -2.05. The van der Waals surface area contributed by atoms with Gasteiger partial charge in [-0.05, 0) is 30.2 Å². The maximum atomic E-state index is 9.89. The van der Waals surface area contributed by atoms with Gasteiger partial charge in [-0.2, -0.15) is 0 Å². The number of hydrogen-bond donors (Lipinski definition) is 3. The van der Waals surface area contributed by atoms with Crippen molar-refractivity contribution in [3.8, 4) is 11.5 Å². The van der Waals surface area contributed by atoms with Gasteiger partial charge in [-0.3, -0.25) is 0 Å². The molecule has 104 valence electrons. The van der Waals surface area contributed by atoms with Crippen molar-refractivity contribution in [2.75, 3.05) is 0 Å². The Hall–Kier alpha value is -2.20. The summed E-state index contributed by atoms with van der Waals surface area (Å²) in [6.07, 6.45) is 1.86. The fraction of sp³-hybridized carbons (Fsp3) is 0.133. The third-order valence-corrected chi connectivity index (χ3v) is 3.24. The van der Waals surface area contributed by atoms with Crippen LogP contribution in [-0.2, 0) is 6.42 Å². The van der Waals surface area contributed by atoms with Gasteiger partial charge in [0.1, 0.15) is 11.5 Å². The lowest BCUT2D eigenvalue weighted by atomic mass is 9.92. The normalized spacial score (nSPS) is 12.7. The van der Waals surface area contributed by atoms with E-state index < -0.39 is 0 Å². The average Bonchev–Trinajstić information content (AvgIpc) is 2.38. The van der Waals surface area contributed by atoms with Crippen LogP contribution in [0.4, 0.5) is 0 Å². The van der Waals surface area contributed by atoms with E-state index in [4.69, 9.17) is 16.8 Å². The van der Waals surface area contributed by atoms with Crippen molar-refractivity contribution in [1.29, 1.82) is 0 Å². The van der Waals surface area contributed by atoms with Crippen LogP contribution in [-0.4, -0.2) is 21.6 Å². The van der Waals surface area contributed by atoms with Gasteiger partial charge in [0.2, 0.25) is 0 Å². The van der Waals surface area contributed by atoms with Gasteiger partial charge in [0.25, 0.3) is 0 Å². The Morgan fingerprint density at radius 1 is 1.15 bits per heavy atom. The first-order chi connectivity index (χ1) is 9.60. The van der Waals surface area contributed by atoms with Crippen molar-refractivity contribution in [3.63, 3.8) is 0 Å². The van der Waals surface area contributed by atoms with Gasteiger partial charge in [0.15, 0.2) is 0 Å². The number of halogens is 1. The molecule has 0 spiro atoms. The molecule has 1 unspecified atom stereocenters. The van der Waals surface area contributed by atoms with E-state index in [0.717, 1.165) is 5.56 Å². The summed E-state index contributed by atoms with van der Waals surface area (Å²) >= 11 is 5.94. The highest BCUT2D eigenvalue weighted by atomic mass is 35.5. The minimum absolute atomic E-state index is 0.0197. The zero-order chi connectivity index (χ0) is 14.5. The van der Waals surface area contributed by atoms with Crippen LogP contribution in [0.1, 0.15) is 17.0 Å². The van der Waals surface area contributed by atoms with E-state index in [1.807, 2.05) is 18.2 Å². The Labute approximate surface area is 121 Å². The third-order valence-electron chi connectivity index (χ3n) is 3.00. The van der Waals surface area contributed by atoms with Crippen molar-refractivity contribution in [1.82, 2.24) is 0 Å². The van der Waals surface area contributed by atoms with E-state index >= 15 is 0 Å². The van der Waals surface area contributed by atoms with Gasteiger partial charge in [-0.1, -0.05) is 29.8 Å². The first kappa shape index (κ1) is 14.2. The molecule has 3 N–H and O–H groups in total. The molecule has 0 saturated heterocycles. The van der Waals surface area contributed by atoms with Crippen LogP contribution in [0.25, 0.3) is 0 Å². The Bertz CT molecular complexity index is 628. The number of hydrogen-bond acceptors (Lipinski definition) is 4. The summed E-state index contributed by atoms with van der Waals surface area (Å²) in [5.41, 5.74) is 1.52. The van der Waals surface area contributed by atoms with E-state index in [-0.39, 0.29) is 17.4 Å². The second kappa shape index (κ2) is 6.30. The highest BCUT2D eigenvalue weighted by Gasteiger charge is 2.15. The molecule has 5 heteroatoms. The molecule has 2 rings (SSSR count). The van der Waals surface area contributed by atoms with Gasteiger partial charge in [0, 0.05) is 22.6 Å². The molecule has 0 saturated carbocycles. The van der Waals surface area contributed by atoms with E-state index in [9.17, 15) is 10.2 Å². The van der Waals surface area contributed by atoms with Crippen molar-refractivity contribution in [2.45, 2.75) is 12.3 Å². The number of aromatic hydroxyl groups is 2. The standard InChI is InChI=1S/C15H14ClNO3/c16-12-3-1-2-10(7-12)6-11(9-17-20)14-5-4-13(18)8-15(14)19/h1-5,7-9,11,18-20H,6H2. The minimum atomic E-state index is -0.320.